The molecular weight excluding hydrogens is 232 g/mol. The molecule has 2 unspecified atom stereocenters. The Hall–Kier alpha value is -1.38. The number of hydrogen-bond donors (Lipinski definition) is 2. The Morgan fingerprint density at radius 3 is 2.37 bits per heavy atom. The Balaban J connectivity index is 2.51. The van der Waals surface area contributed by atoms with Crippen LogP contribution in [0.1, 0.15) is 25.5 Å². The first-order chi connectivity index (χ1) is 9.19. The van der Waals surface area contributed by atoms with Gasteiger partial charge in [0.15, 0.2) is 0 Å². The summed E-state index contributed by atoms with van der Waals surface area (Å²) in [6.07, 6.45) is 0. The maximum absolute atomic E-state index is 5.99. The average Bonchev–Trinajstić information content (AvgIpc) is 2.43. The zero-order valence-electron chi connectivity index (χ0n) is 12.1. The van der Waals surface area contributed by atoms with E-state index in [0.29, 0.717) is 24.4 Å². The van der Waals surface area contributed by atoms with Gasteiger partial charge in [-0.3, -0.25) is 0 Å². The van der Waals surface area contributed by atoms with Gasteiger partial charge in [-0.1, -0.05) is 56.3 Å². The molecule has 2 heteroatoms. The third-order valence-electron chi connectivity index (χ3n) is 4.03. The fourth-order valence-corrected chi connectivity index (χ4v) is 2.92. The van der Waals surface area contributed by atoms with Crippen LogP contribution in [0.4, 0.5) is 0 Å². The minimum absolute atomic E-state index is 0.302. The van der Waals surface area contributed by atoms with Crippen molar-refractivity contribution in [3.05, 3.63) is 48.0 Å². The topological polar surface area (TPSA) is 38.0 Å². The summed E-state index contributed by atoms with van der Waals surface area (Å²) in [5.41, 5.74) is 7.34. The molecular formula is C17H24N2. The van der Waals surface area contributed by atoms with E-state index in [1.165, 1.54) is 16.3 Å². The third-order valence-corrected chi connectivity index (χ3v) is 4.03. The van der Waals surface area contributed by atoms with Crippen LogP contribution in [0, 0.1) is 11.8 Å². The number of hydrogen-bond acceptors (Lipinski definition) is 2. The van der Waals surface area contributed by atoms with Crippen LogP contribution in [-0.2, 0) is 0 Å². The number of nitrogens with two attached hydrogens (primary N) is 1. The number of fused-ring (bicyclic) bond motifs is 1. The van der Waals surface area contributed by atoms with Crippen molar-refractivity contribution in [3.63, 3.8) is 0 Å². The van der Waals surface area contributed by atoms with Gasteiger partial charge >= 0.3 is 0 Å². The van der Waals surface area contributed by atoms with E-state index in [4.69, 9.17) is 5.73 Å². The third kappa shape index (κ3) is 2.80. The lowest BCUT2D eigenvalue weighted by Crippen LogP contribution is -2.34. The SMILES string of the molecule is CNC(c1cccc2ccccc12)C(CN)C(C)C. The monoisotopic (exact) mass is 256 g/mol. The largest absolute Gasteiger partial charge is 0.330 e. The van der Waals surface area contributed by atoms with Gasteiger partial charge in [0, 0.05) is 6.04 Å². The number of rotatable bonds is 5. The van der Waals surface area contributed by atoms with Crippen molar-refractivity contribution in [2.24, 2.45) is 17.6 Å². The summed E-state index contributed by atoms with van der Waals surface area (Å²) < 4.78 is 0. The smallest absolute Gasteiger partial charge is 0.0366 e. The van der Waals surface area contributed by atoms with E-state index in [0.717, 1.165) is 0 Å². The molecule has 0 bridgehead atoms. The lowest BCUT2D eigenvalue weighted by Gasteiger charge is -2.30. The molecule has 0 amide bonds. The molecule has 0 saturated heterocycles. The van der Waals surface area contributed by atoms with Crippen molar-refractivity contribution in [2.75, 3.05) is 13.6 Å². The Bertz CT molecular complexity index is 528. The molecule has 3 N–H and O–H groups in total. The fraction of sp³-hybridized carbons (Fsp3) is 0.412. The van der Waals surface area contributed by atoms with E-state index >= 15 is 0 Å². The van der Waals surface area contributed by atoms with Crippen LogP contribution in [0.15, 0.2) is 42.5 Å². The minimum atomic E-state index is 0.302. The highest BCUT2D eigenvalue weighted by atomic mass is 14.9. The first-order valence-corrected chi connectivity index (χ1v) is 7.04. The molecule has 0 aliphatic carbocycles. The van der Waals surface area contributed by atoms with Gasteiger partial charge in [0.2, 0.25) is 0 Å². The lowest BCUT2D eigenvalue weighted by atomic mass is 9.83. The standard InChI is InChI=1S/C17H24N2/c1-12(2)16(11-18)17(19-3)15-10-6-8-13-7-4-5-9-14(13)15/h4-10,12,16-17,19H,11,18H2,1-3H3. The van der Waals surface area contributed by atoms with E-state index < -0.39 is 0 Å². The van der Waals surface area contributed by atoms with Crippen molar-refractivity contribution in [1.29, 1.82) is 0 Å². The Morgan fingerprint density at radius 2 is 1.74 bits per heavy atom. The highest BCUT2D eigenvalue weighted by molar-refractivity contribution is 5.86. The van der Waals surface area contributed by atoms with E-state index in [1.807, 2.05) is 7.05 Å². The second-order valence-electron chi connectivity index (χ2n) is 5.48. The molecule has 2 aromatic carbocycles. The Morgan fingerprint density at radius 1 is 1.05 bits per heavy atom. The summed E-state index contributed by atoms with van der Waals surface area (Å²) in [5.74, 6) is 0.997. The van der Waals surface area contributed by atoms with Crippen LogP contribution < -0.4 is 11.1 Å². The molecule has 0 aliphatic rings. The number of benzene rings is 2. The van der Waals surface area contributed by atoms with Gasteiger partial charge < -0.3 is 11.1 Å². The average molecular weight is 256 g/mol. The molecule has 2 atom stereocenters. The molecule has 0 spiro atoms. The summed E-state index contributed by atoms with van der Waals surface area (Å²) in [7, 11) is 2.03. The zero-order chi connectivity index (χ0) is 13.8. The lowest BCUT2D eigenvalue weighted by molar-refractivity contribution is 0.300. The van der Waals surface area contributed by atoms with Crippen molar-refractivity contribution < 1.29 is 0 Å². The predicted octanol–water partition coefficient (Wildman–Crippen LogP) is 3.33. The van der Waals surface area contributed by atoms with Crippen LogP contribution >= 0.6 is 0 Å². The van der Waals surface area contributed by atoms with E-state index in [2.05, 4.69) is 61.6 Å². The first kappa shape index (κ1) is 14.0. The van der Waals surface area contributed by atoms with Crippen LogP contribution in [0.2, 0.25) is 0 Å². The molecule has 19 heavy (non-hydrogen) atoms. The molecule has 0 heterocycles. The van der Waals surface area contributed by atoms with Gasteiger partial charge in [-0.25, -0.2) is 0 Å². The van der Waals surface area contributed by atoms with Crippen molar-refractivity contribution in [1.82, 2.24) is 5.32 Å². The number of nitrogens with one attached hydrogen (secondary N) is 1. The second-order valence-corrected chi connectivity index (χ2v) is 5.48. The summed E-state index contributed by atoms with van der Waals surface area (Å²) >= 11 is 0. The van der Waals surface area contributed by atoms with Crippen LogP contribution in [0.3, 0.4) is 0 Å². The van der Waals surface area contributed by atoms with E-state index in [-0.39, 0.29) is 0 Å². The van der Waals surface area contributed by atoms with E-state index in [1.54, 1.807) is 0 Å². The molecule has 102 valence electrons. The normalized spacial score (nSPS) is 14.8. The summed E-state index contributed by atoms with van der Waals surface area (Å²) in [6.45, 7) is 5.19. The highest BCUT2D eigenvalue weighted by Crippen LogP contribution is 2.31. The van der Waals surface area contributed by atoms with Crippen molar-refractivity contribution in [2.45, 2.75) is 19.9 Å². The fourth-order valence-electron chi connectivity index (χ4n) is 2.92. The van der Waals surface area contributed by atoms with Gasteiger partial charge in [0.25, 0.3) is 0 Å². The Labute approximate surface area is 116 Å². The summed E-state index contributed by atoms with van der Waals surface area (Å²) in [4.78, 5) is 0. The van der Waals surface area contributed by atoms with Gasteiger partial charge in [0.1, 0.15) is 0 Å². The molecule has 0 saturated carbocycles. The first-order valence-electron chi connectivity index (χ1n) is 7.04. The maximum atomic E-state index is 5.99. The summed E-state index contributed by atoms with van der Waals surface area (Å²) in [5, 5.41) is 6.08. The van der Waals surface area contributed by atoms with Gasteiger partial charge in [-0.2, -0.15) is 0 Å². The molecule has 0 fully saturated rings. The zero-order valence-corrected chi connectivity index (χ0v) is 12.1. The van der Waals surface area contributed by atoms with Crippen molar-refractivity contribution in [3.8, 4) is 0 Å². The Kier molecular flexibility index (Phi) is 4.56. The quantitative estimate of drug-likeness (QED) is 0.861. The molecule has 0 aromatic heterocycles. The predicted molar refractivity (Wildman–Crippen MR) is 83.1 cm³/mol. The summed E-state index contributed by atoms with van der Waals surface area (Å²) in [6, 6.07) is 15.4. The molecule has 0 aliphatic heterocycles. The molecule has 2 nitrogen and oxygen atoms in total. The van der Waals surface area contributed by atoms with Crippen LogP contribution in [0.25, 0.3) is 10.8 Å². The maximum Gasteiger partial charge on any atom is 0.0366 e. The van der Waals surface area contributed by atoms with Gasteiger partial charge in [0.05, 0.1) is 0 Å². The highest BCUT2D eigenvalue weighted by Gasteiger charge is 2.24. The van der Waals surface area contributed by atoms with Crippen molar-refractivity contribution >= 4 is 10.8 Å². The van der Waals surface area contributed by atoms with Gasteiger partial charge in [-0.05, 0) is 41.8 Å². The van der Waals surface area contributed by atoms with Crippen LogP contribution in [-0.4, -0.2) is 13.6 Å². The van der Waals surface area contributed by atoms with Gasteiger partial charge in [-0.15, -0.1) is 0 Å². The minimum Gasteiger partial charge on any atom is -0.330 e. The molecule has 0 radical (unpaired) electrons. The van der Waals surface area contributed by atoms with E-state index in [9.17, 15) is 0 Å². The molecule has 2 aromatic rings. The second kappa shape index (κ2) is 6.18. The molecule has 2 rings (SSSR count). The van der Waals surface area contributed by atoms with Crippen LogP contribution in [0.5, 0.6) is 0 Å².